The minimum Gasteiger partial charge on any atom is -0.493 e. The molecule has 13 nitrogen and oxygen atoms in total. The fourth-order valence-corrected chi connectivity index (χ4v) is 7.35. The van der Waals surface area contributed by atoms with E-state index in [-0.39, 0.29) is 47.9 Å². The van der Waals surface area contributed by atoms with E-state index in [0.29, 0.717) is 30.0 Å². The van der Waals surface area contributed by atoms with Crippen LogP contribution >= 0.6 is 11.3 Å². The predicted octanol–water partition coefficient (Wildman–Crippen LogP) is 5.71. The number of nitrogens with zero attached hydrogens (tertiary/aromatic N) is 1. The van der Waals surface area contributed by atoms with Crippen LogP contribution in [0.4, 0.5) is 10.5 Å². The molecule has 2 aromatic carbocycles. The highest BCUT2D eigenvalue weighted by Crippen LogP contribution is 2.43. The molecule has 14 heteroatoms. The number of amides is 4. The van der Waals surface area contributed by atoms with Crippen LogP contribution < -0.4 is 26.0 Å². The van der Waals surface area contributed by atoms with Gasteiger partial charge < -0.3 is 35.5 Å². The molecule has 53 heavy (non-hydrogen) atoms. The van der Waals surface area contributed by atoms with Gasteiger partial charge in [-0.05, 0) is 92.6 Å². The van der Waals surface area contributed by atoms with Gasteiger partial charge in [-0.2, -0.15) is 0 Å². The average Bonchev–Trinajstić information content (AvgIpc) is 3.71. The molecule has 0 bridgehead atoms. The molecule has 1 unspecified atom stereocenters. The lowest BCUT2D eigenvalue weighted by atomic mass is 9.93. The number of benzene rings is 2. The average molecular weight is 740 g/mol. The third-order valence-corrected chi connectivity index (χ3v) is 9.75. The number of carbonyl (C=O) groups excluding carboxylic acids is 5. The highest BCUT2D eigenvalue weighted by molar-refractivity contribution is 7.13. The quantitative estimate of drug-likeness (QED) is 0.165. The van der Waals surface area contributed by atoms with Crippen LogP contribution in [0.5, 0.6) is 5.75 Å². The number of hydrogen-bond donors (Lipinski definition) is 4. The Kier molecular flexibility index (Phi) is 10.5. The molecule has 2 aliphatic heterocycles. The van der Waals surface area contributed by atoms with Gasteiger partial charge in [-0.3, -0.25) is 14.4 Å². The van der Waals surface area contributed by atoms with Gasteiger partial charge in [0.15, 0.2) is 5.69 Å². The minimum absolute atomic E-state index is 0.0544. The van der Waals surface area contributed by atoms with Crippen molar-refractivity contribution < 1.29 is 38.2 Å². The van der Waals surface area contributed by atoms with E-state index in [1.807, 2.05) is 37.4 Å². The van der Waals surface area contributed by atoms with E-state index in [9.17, 15) is 24.0 Å². The molecule has 276 valence electrons. The second-order valence-electron chi connectivity index (χ2n) is 13.9. The minimum atomic E-state index is -0.808. The number of ether oxygens (including phenoxy) is 3. The van der Waals surface area contributed by atoms with Crippen LogP contribution in [-0.2, 0) is 27.2 Å². The van der Waals surface area contributed by atoms with Crippen molar-refractivity contribution in [1.82, 2.24) is 20.9 Å². The second kappa shape index (κ2) is 15.1. The molecule has 1 fully saturated rings. The summed E-state index contributed by atoms with van der Waals surface area (Å²) in [6, 6.07) is 11.9. The molecule has 4 amide bonds. The molecule has 1 saturated heterocycles. The van der Waals surface area contributed by atoms with Crippen molar-refractivity contribution in [2.24, 2.45) is 0 Å². The number of esters is 1. The van der Waals surface area contributed by atoms with Crippen molar-refractivity contribution >= 4 is 46.8 Å². The molecular formula is C39H41N5O8S. The van der Waals surface area contributed by atoms with Crippen molar-refractivity contribution in [2.75, 3.05) is 25.6 Å². The van der Waals surface area contributed by atoms with Crippen molar-refractivity contribution in [3.05, 3.63) is 87.0 Å². The number of thiophene rings is 1. The Balaban J connectivity index is 1.38. The Morgan fingerprint density at radius 3 is 2.43 bits per heavy atom. The Hall–Kier alpha value is -5.76. The fraction of sp³-hybridized carbons (Fsp3) is 0.333. The highest BCUT2D eigenvalue weighted by atomic mass is 32.1. The standard InChI is InChI=1S/C39H41N5O8S/c1-20-13-22(18-41-38(49)52-39(3,4)5)14-21(2)32(20)44-35(46)27-16-28-30(51-11-9-23-10-12-53-34(23)28)17-26(27)25-7-8-29(43-33(25)37(48)50-6)36(47)42-24-15-31(45)40-19-24/h7-8,10,12-14,16-17,24H,9,11,15,18-19H2,1-6H3,(H,40,45)(H,41,49)(H,42,47)(H,44,46). The van der Waals surface area contributed by atoms with Crippen LogP contribution in [0, 0.1) is 13.8 Å². The van der Waals surface area contributed by atoms with E-state index in [1.165, 1.54) is 13.2 Å². The lowest BCUT2D eigenvalue weighted by Crippen LogP contribution is -2.36. The summed E-state index contributed by atoms with van der Waals surface area (Å²) in [6.45, 7) is 10.0. The lowest BCUT2D eigenvalue weighted by Gasteiger charge is -2.20. The van der Waals surface area contributed by atoms with Crippen LogP contribution in [0.25, 0.3) is 21.6 Å². The van der Waals surface area contributed by atoms with Gasteiger partial charge in [0.2, 0.25) is 5.91 Å². The first kappa shape index (κ1) is 37.0. The molecule has 4 heterocycles. The maximum Gasteiger partial charge on any atom is 0.407 e. The van der Waals surface area contributed by atoms with E-state index in [0.717, 1.165) is 32.7 Å². The summed E-state index contributed by atoms with van der Waals surface area (Å²) in [5, 5.41) is 13.3. The molecule has 2 aliphatic rings. The molecule has 4 N–H and O–H groups in total. The van der Waals surface area contributed by atoms with Crippen molar-refractivity contribution in [3.8, 4) is 27.3 Å². The SMILES string of the molecule is COC(=O)c1nc(C(=O)NC2CNC(=O)C2)ccc1-c1cc2c(cc1C(=O)Nc1c(C)cc(CNC(=O)OC(C)(C)C)cc1C)-c1sccc1CCO2. The normalized spacial score (nSPS) is 14.8. The number of aromatic nitrogens is 1. The Morgan fingerprint density at radius 1 is 1.00 bits per heavy atom. The largest absolute Gasteiger partial charge is 0.493 e. The highest BCUT2D eigenvalue weighted by Gasteiger charge is 2.29. The monoisotopic (exact) mass is 739 g/mol. The fourth-order valence-electron chi connectivity index (χ4n) is 6.37. The molecule has 0 saturated carbocycles. The van der Waals surface area contributed by atoms with Crippen LogP contribution in [-0.4, -0.2) is 66.7 Å². The van der Waals surface area contributed by atoms with Crippen LogP contribution in [0.3, 0.4) is 0 Å². The van der Waals surface area contributed by atoms with Gasteiger partial charge in [0.05, 0.1) is 19.8 Å². The molecular weight excluding hydrogens is 699 g/mol. The predicted molar refractivity (Wildman–Crippen MR) is 199 cm³/mol. The van der Waals surface area contributed by atoms with Crippen LogP contribution in [0.1, 0.15) is 80.8 Å². The Bertz CT molecular complexity index is 2110. The zero-order valence-corrected chi connectivity index (χ0v) is 31.2. The summed E-state index contributed by atoms with van der Waals surface area (Å²) in [5.41, 5.74) is 4.78. The van der Waals surface area contributed by atoms with Gasteiger partial charge in [-0.15, -0.1) is 11.3 Å². The molecule has 0 spiro atoms. The molecule has 1 atom stereocenters. The maximum atomic E-state index is 14.5. The van der Waals surface area contributed by atoms with Crippen molar-refractivity contribution in [3.63, 3.8) is 0 Å². The topological polar surface area (TPSA) is 174 Å². The van der Waals surface area contributed by atoms with Gasteiger partial charge >= 0.3 is 12.1 Å². The summed E-state index contributed by atoms with van der Waals surface area (Å²) in [4.78, 5) is 70.2. The Labute approximate surface area is 310 Å². The number of carbonyl (C=O) groups is 5. The van der Waals surface area contributed by atoms with E-state index >= 15 is 0 Å². The van der Waals surface area contributed by atoms with Gasteiger partial charge in [-0.25, -0.2) is 14.6 Å². The number of hydrogen-bond acceptors (Lipinski definition) is 10. The number of rotatable bonds is 8. The molecule has 6 rings (SSSR count). The third-order valence-electron chi connectivity index (χ3n) is 8.76. The first-order valence-corrected chi connectivity index (χ1v) is 18.0. The number of fused-ring (bicyclic) bond motifs is 3. The molecule has 4 aromatic rings. The van der Waals surface area contributed by atoms with Gasteiger partial charge in [0.1, 0.15) is 17.0 Å². The number of alkyl carbamates (subject to hydrolysis) is 1. The van der Waals surface area contributed by atoms with E-state index < -0.39 is 35.5 Å². The van der Waals surface area contributed by atoms with Crippen LogP contribution in [0.2, 0.25) is 0 Å². The Morgan fingerprint density at radius 2 is 1.75 bits per heavy atom. The first-order valence-electron chi connectivity index (χ1n) is 17.1. The van der Waals surface area contributed by atoms with Crippen molar-refractivity contribution in [1.29, 1.82) is 0 Å². The van der Waals surface area contributed by atoms with Crippen LogP contribution in [0.15, 0.2) is 47.8 Å². The number of methoxy groups -OCH3 is 1. The van der Waals surface area contributed by atoms with E-state index in [1.54, 1.807) is 50.3 Å². The van der Waals surface area contributed by atoms with Gasteiger partial charge in [0, 0.05) is 58.7 Å². The van der Waals surface area contributed by atoms with E-state index in [2.05, 4.69) is 26.3 Å². The molecule has 2 aromatic heterocycles. The number of anilines is 1. The summed E-state index contributed by atoms with van der Waals surface area (Å²) >= 11 is 1.55. The summed E-state index contributed by atoms with van der Waals surface area (Å²) in [7, 11) is 1.21. The summed E-state index contributed by atoms with van der Waals surface area (Å²) in [5.74, 6) is -1.46. The zero-order valence-electron chi connectivity index (χ0n) is 30.4. The summed E-state index contributed by atoms with van der Waals surface area (Å²) < 4.78 is 16.6. The van der Waals surface area contributed by atoms with Gasteiger partial charge in [-0.1, -0.05) is 12.1 Å². The number of pyridine rings is 1. The number of nitrogens with one attached hydrogen (secondary N) is 4. The lowest BCUT2D eigenvalue weighted by molar-refractivity contribution is -0.119. The first-order chi connectivity index (χ1) is 25.2. The maximum absolute atomic E-state index is 14.5. The van der Waals surface area contributed by atoms with E-state index in [4.69, 9.17) is 14.2 Å². The molecule has 0 radical (unpaired) electrons. The van der Waals surface area contributed by atoms with Gasteiger partial charge in [0.25, 0.3) is 11.8 Å². The third kappa shape index (κ3) is 8.33. The summed E-state index contributed by atoms with van der Waals surface area (Å²) in [6.07, 6.45) is 0.285. The smallest absolute Gasteiger partial charge is 0.407 e. The number of aryl methyl sites for hydroxylation is 2. The second-order valence-corrected chi connectivity index (χ2v) is 14.9. The zero-order chi connectivity index (χ0) is 38.0. The van der Waals surface area contributed by atoms with Crippen molar-refractivity contribution in [2.45, 2.75) is 65.6 Å². The molecule has 0 aliphatic carbocycles.